The van der Waals surface area contributed by atoms with Gasteiger partial charge in [0, 0.05) is 26.6 Å². The van der Waals surface area contributed by atoms with Crippen LogP contribution in [0.25, 0.3) is 0 Å². The molecule has 0 unspecified atom stereocenters. The molecule has 0 aromatic heterocycles. The summed E-state index contributed by atoms with van der Waals surface area (Å²) >= 11 is 0. The Labute approximate surface area is 189 Å². The van der Waals surface area contributed by atoms with Crippen LogP contribution in [0.4, 0.5) is 10.1 Å². The fraction of sp³-hybridized carbons (Fsp3) is 0.391. The highest BCUT2D eigenvalue weighted by atomic mass is 32.2. The molecule has 32 heavy (non-hydrogen) atoms. The zero-order valence-corrected chi connectivity index (χ0v) is 19.7. The van der Waals surface area contributed by atoms with E-state index in [2.05, 4.69) is 5.32 Å². The van der Waals surface area contributed by atoms with Crippen LogP contribution in [-0.4, -0.2) is 51.0 Å². The number of nitrogens with zero attached hydrogens (tertiary/aromatic N) is 2. The molecule has 2 rings (SSSR count). The summed E-state index contributed by atoms with van der Waals surface area (Å²) in [5, 5.41) is 2.55. The molecule has 0 spiro atoms. The molecule has 1 N–H and O–H groups in total. The molecule has 0 aliphatic carbocycles. The van der Waals surface area contributed by atoms with E-state index >= 15 is 0 Å². The Morgan fingerprint density at radius 2 is 1.72 bits per heavy atom. The van der Waals surface area contributed by atoms with Gasteiger partial charge in [0.05, 0.1) is 11.9 Å². The summed E-state index contributed by atoms with van der Waals surface area (Å²) in [5.41, 5.74) is 1.90. The van der Waals surface area contributed by atoms with E-state index in [9.17, 15) is 22.4 Å². The summed E-state index contributed by atoms with van der Waals surface area (Å²) < 4.78 is 39.5. The molecule has 174 valence electrons. The molecule has 1 atom stereocenters. The molecule has 7 nitrogen and oxygen atoms in total. The number of sulfonamides is 1. The van der Waals surface area contributed by atoms with Crippen LogP contribution in [0.3, 0.4) is 0 Å². The number of halogens is 1. The molecule has 2 amide bonds. The second kappa shape index (κ2) is 11.1. The first-order valence-corrected chi connectivity index (χ1v) is 12.2. The summed E-state index contributed by atoms with van der Waals surface area (Å²) in [7, 11) is -2.23. The fourth-order valence-electron chi connectivity index (χ4n) is 3.32. The molecular weight excluding hydrogens is 433 g/mol. The highest BCUT2D eigenvalue weighted by Gasteiger charge is 2.26. The Kier molecular flexibility index (Phi) is 8.77. The van der Waals surface area contributed by atoms with Crippen molar-refractivity contribution in [1.29, 1.82) is 0 Å². The summed E-state index contributed by atoms with van der Waals surface area (Å²) in [4.78, 5) is 26.7. The zero-order valence-electron chi connectivity index (χ0n) is 18.8. The minimum atomic E-state index is -3.74. The number of para-hydroxylation sites is 1. The maximum absolute atomic E-state index is 14.2. The van der Waals surface area contributed by atoms with Gasteiger partial charge in [-0.3, -0.25) is 13.9 Å². The standard InChI is InChI=1S/C23H30FN3O4S/c1-17-11-13-19(14-12-17)16-26(18(2)23(29)25-3)22(28)10-7-15-27(32(4,30)31)21-9-6-5-8-20(21)24/h5-6,8-9,11-14,18H,7,10,15-16H2,1-4H3,(H,25,29)/t18-/m0/s1. The number of aryl methyl sites for hydroxylation is 1. The molecule has 0 radical (unpaired) electrons. The van der Waals surface area contributed by atoms with Gasteiger partial charge in [0.2, 0.25) is 21.8 Å². The molecular formula is C23H30FN3O4S. The van der Waals surface area contributed by atoms with Crippen LogP contribution in [0.1, 0.15) is 30.9 Å². The van der Waals surface area contributed by atoms with Crippen molar-refractivity contribution in [3.05, 3.63) is 65.5 Å². The van der Waals surface area contributed by atoms with E-state index in [1.54, 1.807) is 13.0 Å². The Morgan fingerprint density at radius 3 is 2.28 bits per heavy atom. The molecule has 0 saturated carbocycles. The number of nitrogens with one attached hydrogen (secondary N) is 1. The number of hydrogen-bond acceptors (Lipinski definition) is 4. The Hall–Kier alpha value is -2.94. The molecule has 0 aliphatic rings. The number of benzene rings is 2. The van der Waals surface area contributed by atoms with Gasteiger partial charge in [-0.2, -0.15) is 0 Å². The molecule has 9 heteroatoms. The summed E-state index contributed by atoms with van der Waals surface area (Å²) in [6.45, 7) is 3.80. The molecule has 0 aliphatic heterocycles. The van der Waals surface area contributed by atoms with E-state index < -0.39 is 21.9 Å². The largest absolute Gasteiger partial charge is 0.357 e. The first-order chi connectivity index (χ1) is 15.0. The maximum Gasteiger partial charge on any atom is 0.242 e. The third kappa shape index (κ3) is 6.78. The van der Waals surface area contributed by atoms with E-state index in [0.29, 0.717) is 0 Å². The molecule has 2 aromatic carbocycles. The number of rotatable bonds is 10. The van der Waals surface area contributed by atoms with Gasteiger partial charge in [0.1, 0.15) is 11.9 Å². The number of amides is 2. The highest BCUT2D eigenvalue weighted by Crippen LogP contribution is 2.22. The van der Waals surface area contributed by atoms with Gasteiger partial charge in [0.25, 0.3) is 0 Å². The molecule has 0 saturated heterocycles. The smallest absolute Gasteiger partial charge is 0.242 e. The Bertz CT molecular complexity index is 1040. The minimum absolute atomic E-state index is 0.00761. The van der Waals surface area contributed by atoms with Crippen LogP contribution in [0.2, 0.25) is 0 Å². The second-order valence-electron chi connectivity index (χ2n) is 7.69. The molecule has 2 aromatic rings. The lowest BCUT2D eigenvalue weighted by molar-refractivity contribution is -0.140. The van der Waals surface area contributed by atoms with Crippen molar-refractivity contribution in [2.45, 2.75) is 39.3 Å². The van der Waals surface area contributed by atoms with Crippen molar-refractivity contribution in [1.82, 2.24) is 10.2 Å². The third-order valence-corrected chi connectivity index (χ3v) is 6.34. The zero-order chi connectivity index (χ0) is 23.9. The summed E-state index contributed by atoms with van der Waals surface area (Å²) in [6, 6.07) is 12.6. The average molecular weight is 464 g/mol. The topological polar surface area (TPSA) is 86.8 Å². The number of anilines is 1. The molecule has 0 bridgehead atoms. The van der Waals surface area contributed by atoms with Gasteiger partial charge in [-0.15, -0.1) is 0 Å². The Morgan fingerprint density at radius 1 is 1.09 bits per heavy atom. The van der Waals surface area contributed by atoms with Gasteiger partial charge in [-0.05, 0) is 38.0 Å². The van der Waals surface area contributed by atoms with Gasteiger partial charge in [-0.1, -0.05) is 42.0 Å². The molecule has 0 heterocycles. The van der Waals surface area contributed by atoms with Crippen molar-refractivity contribution in [3.8, 4) is 0 Å². The van der Waals surface area contributed by atoms with Crippen LogP contribution >= 0.6 is 0 Å². The number of carbonyl (C=O) groups excluding carboxylic acids is 2. The summed E-state index contributed by atoms with van der Waals surface area (Å²) in [5.74, 6) is -1.24. The van der Waals surface area contributed by atoms with E-state index in [1.165, 1.54) is 30.1 Å². The van der Waals surface area contributed by atoms with Crippen molar-refractivity contribution in [2.75, 3.05) is 24.2 Å². The van der Waals surface area contributed by atoms with E-state index in [-0.39, 0.29) is 43.4 Å². The first-order valence-electron chi connectivity index (χ1n) is 10.3. The van der Waals surface area contributed by atoms with Crippen LogP contribution < -0.4 is 9.62 Å². The monoisotopic (exact) mass is 463 g/mol. The van der Waals surface area contributed by atoms with Crippen molar-refractivity contribution >= 4 is 27.5 Å². The lowest BCUT2D eigenvalue weighted by atomic mass is 10.1. The SMILES string of the molecule is CNC(=O)[C@H](C)N(Cc1ccc(C)cc1)C(=O)CCCN(c1ccccc1F)S(C)(=O)=O. The van der Waals surface area contributed by atoms with E-state index in [1.807, 2.05) is 31.2 Å². The average Bonchev–Trinajstić information content (AvgIpc) is 2.75. The normalized spacial score (nSPS) is 12.2. The number of likely N-dealkylation sites (N-methyl/N-ethyl adjacent to an activating group) is 1. The van der Waals surface area contributed by atoms with E-state index in [0.717, 1.165) is 21.7 Å². The number of hydrogen-bond donors (Lipinski definition) is 1. The van der Waals surface area contributed by atoms with Crippen LogP contribution in [0.15, 0.2) is 48.5 Å². The van der Waals surface area contributed by atoms with Crippen LogP contribution in [0, 0.1) is 12.7 Å². The number of carbonyl (C=O) groups is 2. The molecule has 0 fully saturated rings. The predicted molar refractivity (Wildman–Crippen MR) is 123 cm³/mol. The quantitative estimate of drug-likeness (QED) is 0.587. The second-order valence-corrected chi connectivity index (χ2v) is 9.59. The lowest BCUT2D eigenvalue weighted by Gasteiger charge is -2.29. The fourth-order valence-corrected chi connectivity index (χ4v) is 4.28. The van der Waals surface area contributed by atoms with E-state index in [4.69, 9.17) is 0 Å². The Balaban J connectivity index is 2.14. The van der Waals surface area contributed by atoms with Crippen LogP contribution in [-0.2, 0) is 26.2 Å². The van der Waals surface area contributed by atoms with Gasteiger partial charge < -0.3 is 10.2 Å². The summed E-state index contributed by atoms with van der Waals surface area (Å²) in [6.07, 6.45) is 1.18. The van der Waals surface area contributed by atoms with Crippen molar-refractivity contribution in [2.24, 2.45) is 0 Å². The minimum Gasteiger partial charge on any atom is -0.357 e. The van der Waals surface area contributed by atoms with Crippen LogP contribution in [0.5, 0.6) is 0 Å². The first kappa shape index (κ1) is 25.3. The predicted octanol–water partition coefficient (Wildman–Crippen LogP) is 2.84. The van der Waals surface area contributed by atoms with Gasteiger partial charge >= 0.3 is 0 Å². The lowest BCUT2D eigenvalue weighted by Crippen LogP contribution is -2.46. The van der Waals surface area contributed by atoms with Gasteiger partial charge in [-0.25, -0.2) is 12.8 Å². The third-order valence-electron chi connectivity index (χ3n) is 5.16. The highest BCUT2D eigenvalue weighted by molar-refractivity contribution is 7.92. The van der Waals surface area contributed by atoms with Crippen molar-refractivity contribution in [3.63, 3.8) is 0 Å². The van der Waals surface area contributed by atoms with Crippen molar-refractivity contribution < 1.29 is 22.4 Å². The maximum atomic E-state index is 14.2. The van der Waals surface area contributed by atoms with Gasteiger partial charge in [0.15, 0.2) is 0 Å².